The molecule has 6 heteroatoms. The number of benzene rings is 5. The Morgan fingerprint density at radius 1 is 0.425 bits per heavy atom. The number of rotatable bonds is 4. The fourth-order valence-electron chi connectivity index (χ4n) is 5.07. The molecular formula is C34H20N4S2. The molecule has 3 aromatic heterocycles. The molecule has 0 N–H and O–H groups in total. The first-order valence-corrected chi connectivity index (χ1v) is 14.6. The molecule has 0 fully saturated rings. The molecule has 0 radical (unpaired) electrons. The quantitative estimate of drug-likeness (QED) is 0.220. The van der Waals surface area contributed by atoms with E-state index in [2.05, 4.69) is 54.6 Å². The van der Waals surface area contributed by atoms with E-state index in [9.17, 15) is 0 Å². The van der Waals surface area contributed by atoms with Crippen LogP contribution in [-0.4, -0.2) is 19.9 Å². The summed E-state index contributed by atoms with van der Waals surface area (Å²) in [7, 11) is 0. The van der Waals surface area contributed by atoms with Crippen molar-refractivity contribution < 1.29 is 0 Å². The van der Waals surface area contributed by atoms with Crippen LogP contribution >= 0.6 is 22.7 Å². The van der Waals surface area contributed by atoms with Crippen molar-refractivity contribution in [3.05, 3.63) is 121 Å². The molecule has 0 saturated carbocycles. The Morgan fingerprint density at radius 3 is 1.80 bits per heavy atom. The van der Waals surface area contributed by atoms with Crippen LogP contribution in [0.1, 0.15) is 0 Å². The van der Waals surface area contributed by atoms with E-state index in [0.29, 0.717) is 17.5 Å². The number of hydrogen-bond donors (Lipinski definition) is 0. The molecule has 0 aliphatic carbocycles. The van der Waals surface area contributed by atoms with Gasteiger partial charge in [0.1, 0.15) is 5.01 Å². The first-order chi connectivity index (χ1) is 19.8. The summed E-state index contributed by atoms with van der Waals surface area (Å²) >= 11 is 3.52. The Hall–Kier alpha value is -4.78. The van der Waals surface area contributed by atoms with Crippen molar-refractivity contribution in [1.82, 2.24) is 19.9 Å². The standard InChI is InChI=1S/C34H20N4S2/c1-3-10-21(11-4-1)31-36-32(22-12-5-2-6-13-22)38-33(37-31)25-14-9-17-28-30(25)24-19-18-23(20-29(24)39-28)34-35-26-15-7-8-16-27(26)40-34/h1-20H. The summed E-state index contributed by atoms with van der Waals surface area (Å²) in [4.78, 5) is 19.7. The number of aromatic nitrogens is 4. The van der Waals surface area contributed by atoms with E-state index in [1.165, 1.54) is 24.9 Å². The minimum absolute atomic E-state index is 0.666. The van der Waals surface area contributed by atoms with Crippen molar-refractivity contribution in [2.24, 2.45) is 0 Å². The molecule has 188 valence electrons. The molecule has 0 aliphatic rings. The molecule has 5 aromatic carbocycles. The monoisotopic (exact) mass is 548 g/mol. The second-order valence-electron chi connectivity index (χ2n) is 9.52. The third-order valence-corrected chi connectivity index (χ3v) is 9.18. The van der Waals surface area contributed by atoms with Crippen LogP contribution in [0.4, 0.5) is 0 Å². The second kappa shape index (κ2) is 9.45. The zero-order valence-corrected chi connectivity index (χ0v) is 22.8. The maximum atomic E-state index is 5.00. The number of fused-ring (bicyclic) bond motifs is 4. The van der Waals surface area contributed by atoms with Crippen molar-refractivity contribution >= 4 is 53.1 Å². The van der Waals surface area contributed by atoms with E-state index in [-0.39, 0.29) is 0 Å². The van der Waals surface area contributed by atoms with Crippen molar-refractivity contribution in [2.75, 3.05) is 0 Å². The van der Waals surface area contributed by atoms with E-state index in [0.717, 1.165) is 32.8 Å². The summed E-state index contributed by atoms with van der Waals surface area (Å²) in [5, 5.41) is 3.41. The van der Waals surface area contributed by atoms with Gasteiger partial charge < -0.3 is 0 Å². The average Bonchev–Trinajstić information content (AvgIpc) is 3.63. The van der Waals surface area contributed by atoms with Crippen LogP contribution in [0.5, 0.6) is 0 Å². The Kier molecular flexibility index (Phi) is 5.47. The number of para-hydroxylation sites is 1. The lowest BCUT2D eigenvalue weighted by Crippen LogP contribution is -2.00. The molecule has 0 amide bonds. The van der Waals surface area contributed by atoms with Crippen LogP contribution in [0, 0.1) is 0 Å². The van der Waals surface area contributed by atoms with E-state index >= 15 is 0 Å². The summed E-state index contributed by atoms with van der Waals surface area (Å²) in [6.07, 6.45) is 0. The van der Waals surface area contributed by atoms with E-state index < -0.39 is 0 Å². The van der Waals surface area contributed by atoms with Gasteiger partial charge in [-0.05, 0) is 24.3 Å². The average molecular weight is 549 g/mol. The Balaban J connectivity index is 1.32. The van der Waals surface area contributed by atoms with Gasteiger partial charge in [0.2, 0.25) is 0 Å². The Bertz CT molecular complexity index is 2080. The third-order valence-electron chi connectivity index (χ3n) is 6.98. The predicted octanol–water partition coefficient (Wildman–Crippen LogP) is 9.52. The number of nitrogens with zero attached hydrogens (tertiary/aromatic N) is 4. The number of hydrogen-bond acceptors (Lipinski definition) is 6. The van der Waals surface area contributed by atoms with Crippen molar-refractivity contribution in [3.8, 4) is 44.7 Å². The lowest BCUT2D eigenvalue weighted by atomic mass is 10.0. The molecule has 40 heavy (non-hydrogen) atoms. The fourth-order valence-corrected chi connectivity index (χ4v) is 7.20. The fraction of sp³-hybridized carbons (Fsp3) is 0. The summed E-state index contributed by atoms with van der Waals surface area (Å²) in [5.41, 5.74) is 5.12. The van der Waals surface area contributed by atoms with Crippen LogP contribution in [-0.2, 0) is 0 Å². The molecule has 3 heterocycles. The van der Waals surface area contributed by atoms with Gasteiger partial charge in [0, 0.05) is 42.4 Å². The smallest absolute Gasteiger partial charge is 0.164 e. The highest BCUT2D eigenvalue weighted by molar-refractivity contribution is 7.26. The van der Waals surface area contributed by atoms with Gasteiger partial charge in [-0.25, -0.2) is 19.9 Å². The first-order valence-electron chi connectivity index (χ1n) is 13.0. The van der Waals surface area contributed by atoms with Crippen LogP contribution in [0.2, 0.25) is 0 Å². The third kappa shape index (κ3) is 3.97. The molecule has 0 atom stereocenters. The lowest BCUT2D eigenvalue weighted by molar-refractivity contribution is 1.08. The van der Waals surface area contributed by atoms with Crippen molar-refractivity contribution in [3.63, 3.8) is 0 Å². The van der Waals surface area contributed by atoms with Gasteiger partial charge in [-0.1, -0.05) is 97.1 Å². The molecule has 0 bridgehead atoms. The maximum Gasteiger partial charge on any atom is 0.164 e. The van der Waals surface area contributed by atoms with E-state index in [4.69, 9.17) is 19.9 Å². The zero-order valence-electron chi connectivity index (χ0n) is 21.2. The molecular weight excluding hydrogens is 529 g/mol. The van der Waals surface area contributed by atoms with Gasteiger partial charge in [-0.3, -0.25) is 0 Å². The summed E-state index contributed by atoms with van der Waals surface area (Å²) in [5.74, 6) is 2.01. The van der Waals surface area contributed by atoms with Gasteiger partial charge in [-0.2, -0.15) is 0 Å². The first kappa shape index (κ1) is 23.1. The lowest BCUT2D eigenvalue weighted by Gasteiger charge is -2.09. The minimum atomic E-state index is 0.666. The minimum Gasteiger partial charge on any atom is -0.236 e. The molecule has 8 rings (SSSR count). The Labute approximate surface area is 238 Å². The molecule has 8 aromatic rings. The van der Waals surface area contributed by atoms with Crippen LogP contribution in [0.15, 0.2) is 121 Å². The Morgan fingerprint density at radius 2 is 1.07 bits per heavy atom. The van der Waals surface area contributed by atoms with Crippen LogP contribution in [0.25, 0.3) is 75.1 Å². The largest absolute Gasteiger partial charge is 0.236 e. The summed E-state index contributed by atoms with van der Waals surface area (Å²) in [6.45, 7) is 0. The predicted molar refractivity (Wildman–Crippen MR) is 168 cm³/mol. The topological polar surface area (TPSA) is 51.6 Å². The highest BCUT2D eigenvalue weighted by Crippen LogP contribution is 2.42. The normalized spacial score (nSPS) is 11.5. The van der Waals surface area contributed by atoms with Gasteiger partial charge in [0.25, 0.3) is 0 Å². The van der Waals surface area contributed by atoms with Gasteiger partial charge in [-0.15, -0.1) is 22.7 Å². The van der Waals surface area contributed by atoms with E-state index in [1.807, 2.05) is 66.7 Å². The molecule has 0 spiro atoms. The maximum absolute atomic E-state index is 5.00. The van der Waals surface area contributed by atoms with Crippen LogP contribution < -0.4 is 0 Å². The zero-order chi connectivity index (χ0) is 26.5. The van der Waals surface area contributed by atoms with Gasteiger partial charge >= 0.3 is 0 Å². The van der Waals surface area contributed by atoms with E-state index in [1.54, 1.807) is 22.7 Å². The number of thiophene rings is 1. The summed E-state index contributed by atoms with van der Waals surface area (Å²) in [6, 6.07) is 41.6. The van der Waals surface area contributed by atoms with Crippen LogP contribution in [0.3, 0.4) is 0 Å². The number of thiazole rings is 1. The molecule has 0 unspecified atom stereocenters. The SMILES string of the molecule is c1ccc(-c2nc(-c3ccccc3)nc(-c3cccc4sc5cc(-c6nc7ccccc7s6)ccc5c34)n2)cc1. The van der Waals surface area contributed by atoms with Gasteiger partial charge in [0.05, 0.1) is 10.2 Å². The second-order valence-corrected chi connectivity index (χ2v) is 11.6. The summed E-state index contributed by atoms with van der Waals surface area (Å²) < 4.78 is 3.63. The van der Waals surface area contributed by atoms with Gasteiger partial charge in [0.15, 0.2) is 17.5 Å². The van der Waals surface area contributed by atoms with Crippen molar-refractivity contribution in [2.45, 2.75) is 0 Å². The molecule has 0 aliphatic heterocycles. The van der Waals surface area contributed by atoms with Crippen molar-refractivity contribution in [1.29, 1.82) is 0 Å². The highest BCUT2D eigenvalue weighted by Gasteiger charge is 2.17. The molecule has 0 saturated heterocycles. The highest BCUT2D eigenvalue weighted by atomic mass is 32.1. The molecule has 4 nitrogen and oxygen atoms in total.